The molecular weight excluding hydrogens is 282 g/mol. The highest BCUT2D eigenvalue weighted by molar-refractivity contribution is 6.33. The van der Waals surface area contributed by atoms with Crippen LogP contribution in [0.5, 0.6) is 0 Å². The van der Waals surface area contributed by atoms with E-state index in [1.807, 2.05) is 12.1 Å². The maximum absolute atomic E-state index is 11.4. The van der Waals surface area contributed by atoms with Crippen LogP contribution in [-0.4, -0.2) is 12.3 Å². The molecule has 0 spiro atoms. The van der Waals surface area contributed by atoms with Gasteiger partial charge in [-0.25, -0.2) is 0 Å². The molecule has 2 nitrogen and oxygen atoms in total. The van der Waals surface area contributed by atoms with Crippen molar-refractivity contribution < 1.29 is 4.79 Å². The van der Waals surface area contributed by atoms with Gasteiger partial charge in [0.2, 0.25) is 0 Å². The Bertz CT molecular complexity index is 708. The fourth-order valence-electron chi connectivity index (χ4n) is 2.92. The van der Waals surface area contributed by atoms with Gasteiger partial charge in [-0.1, -0.05) is 29.3 Å². The molecule has 0 radical (unpaired) electrons. The molecule has 0 saturated carbocycles. The zero-order valence-corrected chi connectivity index (χ0v) is 13.1. The predicted molar refractivity (Wildman–Crippen MR) is 88.0 cm³/mol. The van der Waals surface area contributed by atoms with Gasteiger partial charge in [0.1, 0.15) is 0 Å². The van der Waals surface area contributed by atoms with Crippen LogP contribution in [0.2, 0.25) is 5.02 Å². The molecule has 1 heterocycles. The van der Waals surface area contributed by atoms with Gasteiger partial charge >= 0.3 is 0 Å². The van der Waals surface area contributed by atoms with E-state index in [2.05, 4.69) is 30.0 Å². The molecule has 0 aromatic heterocycles. The van der Waals surface area contributed by atoms with Crippen molar-refractivity contribution in [1.29, 1.82) is 0 Å². The number of nitrogens with zero attached hydrogens (tertiary/aromatic N) is 1. The average molecular weight is 300 g/mol. The minimum Gasteiger partial charge on any atom is -0.340 e. The van der Waals surface area contributed by atoms with Crippen molar-refractivity contribution in [3.8, 4) is 0 Å². The number of halogens is 1. The normalized spacial score (nSPS) is 14.0. The molecule has 21 heavy (non-hydrogen) atoms. The van der Waals surface area contributed by atoms with Gasteiger partial charge in [0.25, 0.3) is 0 Å². The smallest absolute Gasteiger partial charge is 0.159 e. The van der Waals surface area contributed by atoms with E-state index in [9.17, 15) is 4.79 Å². The first-order valence-corrected chi connectivity index (χ1v) is 7.61. The minimum atomic E-state index is 0.0399. The van der Waals surface area contributed by atoms with Gasteiger partial charge in [-0.05, 0) is 56.5 Å². The zero-order chi connectivity index (χ0) is 15.0. The molecule has 0 amide bonds. The molecule has 0 fully saturated rings. The van der Waals surface area contributed by atoms with Gasteiger partial charge in [0.05, 0.1) is 10.7 Å². The molecule has 0 saturated heterocycles. The molecule has 1 aliphatic rings. The average Bonchev–Trinajstić information content (AvgIpc) is 2.46. The number of Topliss-reactive ketones (excluding diaryl/α,β-unsaturated/α-hetero) is 1. The van der Waals surface area contributed by atoms with Gasteiger partial charge in [-0.2, -0.15) is 0 Å². The van der Waals surface area contributed by atoms with Crippen molar-refractivity contribution in [3.05, 3.63) is 58.1 Å². The largest absolute Gasteiger partial charge is 0.340 e. The Hall–Kier alpha value is -1.80. The maximum atomic E-state index is 11.4. The fourth-order valence-corrected chi connectivity index (χ4v) is 3.20. The first-order valence-electron chi connectivity index (χ1n) is 7.24. The Kier molecular flexibility index (Phi) is 3.73. The number of benzene rings is 2. The summed E-state index contributed by atoms with van der Waals surface area (Å²) in [6.45, 7) is 4.63. The second kappa shape index (κ2) is 5.53. The predicted octanol–water partition coefficient (Wildman–Crippen LogP) is 4.94. The number of hydrogen-bond acceptors (Lipinski definition) is 2. The number of rotatable bonds is 2. The van der Waals surface area contributed by atoms with Gasteiger partial charge in [-0.3, -0.25) is 4.79 Å². The summed E-state index contributed by atoms with van der Waals surface area (Å²) in [4.78, 5) is 13.7. The van der Waals surface area contributed by atoms with Crippen LogP contribution < -0.4 is 4.90 Å². The van der Waals surface area contributed by atoms with Gasteiger partial charge in [0, 0.05) is 17.8 Å². The van der Waals surface area contributed by atoms with Gasteiger partial charge in [-0.15, -0.1) is 0 Å². The molecule has 0 atom stereocenters. The Morgan fingerprint density at radius 2 is 1.90 bits per heavy atom. The van der Waals surface area contributed by atoms with E-state index in [1.165, 1.54) is 16.8 Å². The lowest BCUT2D eigenvalue weighted by atomic mass is 9.98. The second-order valence-corrected chi connectivity index (χ2v) is 6.02. The van der Waals surface area contributed by atoms with Crippen molar-refractivity contribution in [2.24, 2.45) is 0 Å². The lowest BCUT2D eigenvalue weighted by Gasteiger charge is -2.32. The number of aryl methyl sites for hydroxylation is 2. The molecule has 0 N–H and O–H groups in total. The van der Waals surface area contributed by atoms with Crippen LogP contribution in [-0.2, 0) is 6.42 Å². The van der Waals surface area contributed by atoms with E-state index in [1.54, 1.807) is 13.0 Å². The first kappa shape index (κ1) is 14.2. The lowest BCUT2D eigenvalue weighted by Crippen LogP contribution is -2.24. The van der Waals surface area contributed by atoms with Crippen LogP contribution in [0.3, 0.4) is 0 Å². The third-order valence-corrected chi connectivity index (χ3v) is 4.30. The summed E-state index contributed by atoms with van der Waals surface area (Å²) in [7, 11) is 0. The number of carbonyl (C=O) groups is 1. The Balaban J connectivity index is 2.05. The summed E-state index contributed by atoms with van der Waals surface area (Å²) in [5.41, 5.74) is 5.52. The quantitative estimate of drug-likeness (QED) is 0.732. The summed E-state index contributed by atoms with van der Waals surface area (Å²) in [6, 6.07) is 12.1. The van der Waals surface area contributed by atoms with E-state index in [-0.39, 0.29) is 5.78 Å². The molecular formula is C18H18ClNO. The highest BCUT2D eigenvalue weighted by Gasteiger charge is 2.20. The Morgan fingerprint density at radius 3 is 2.62 bits per heavy atom. The third-order valence-electron chi connectivity index (χ3n) is 4.00. The fraction of sp³-hybridized carbons (Fsp3) is 0.278. The van der Waals surface area contributed by atoms with E-state index in [0.29, 0.717) is 10.6 Å². The van der Waals surface area contributed by atoms with Crippen molar-refractivity contribution >= 4 is 28.8 Å². The molecule has 2 aromatic carbocycles. The summed E-state index contributed by atoms with van der Waals surface area (Å²) < 4.78 is 0. The van der Waals surface area contributed by atoms with Gasteiger partial charge in [0.15, 0.2) is 5.78 Å². The summed E-state index contributed by atoms with van der Waals surface area (Å²) in [5.74, 6) is 0.0399. The first-order chi connectivity index (χ1) is 10.1. The Morgan fingerprint density at radius 1 is 1.14 bits per heavy atom. The number of fused-ring (bicyclic) bond motifs is 1. The van der Waals surface area contributed by atoms with Crippen LogP contribution in [0.25, 0.3) is 0 Å². The topological polar surface area (TPSA) is 20.3 Å². The second-order valence-electron chi connectivity index (χ2n) is 5.61. The lowest BCUT2D eigenvalue weighted by molar-refractivity contribution is 0.101. The number of carbonyl (C=O) groups excluding carboxylic acids is 1. The minimum absolute atomic E-state index is 0.0399. The van der Waals surface area contributed by atoms with Crippen LogP contribution in [0, 0.1) is 6.92 Å². The SMILES string of the molecule is CC(=O)c1ccc(N2CCCc3cc(C)ccc32)c(Cl)c1. The third kappa shape index (κ3) is 2.68. The molecule has 1 aliphatic heterocycles. The monoisotopic (exact) mass is 299 g/mol. The van der Waals surface area contributed by atoms with Crippen molar-refractivity contribution in [1.82, 2.24) is 0 Å². The van der Waals surface area contributed by atoms with Crippen molar-refractivity contribution in [2.75, 3.05) is 11.4 Å². The summed E-state index contributed by atoms with van der Waals surface area (Å²) >= 11 is 6.41. The van der Waals surface area contributed by atoms with Crippen LogP contribution in [0.4, 0.5) is 11.4 Å². The zero-order valence-electron chi connectivity index (χ0n) is 12.3. The van der Waals surface area contributed by atoms with E-state index >= 15 is 0 Å². The summed E-state index contributed by atoms with van der Waals surface area (Å²) in [6.07, 6.45) is 2.22. The van der Waals surface area contributed by atoms with E-state index in [4.69, 9.17) is 11.6 Å². The molecule has 108 valence electrons. The highest BCUT2D eigenvalue weighted by Crippen LogP contribution is 2.37. The van der Waals surface area contributed by atoms with Crippen LogP contribution >= 0.6 is 11.6 Å². The number of hydrogen-bond donors (Lipinski definition) is 0. The van der Waals surface area contributed by atoms with Crippen LogP contribution in [0.15, 0.2) is 36.4 Å². The van der Waals surface area contributed by atoms with E-state index in [0.717, 1.165) is 25.1 Å². The standard InChI is InChI=1S/C18H18ClNO/c1-12-5-7-17-15(10-12)4-3-9-20(17)18-8-6-14(13(2)21)11-16(18)19/h5-8,10-11H,3-4,9H2,1-2H3. The van der Waals surface area contributed by atoms with Gasteiger partial charge < -0.3 is 4.90 Å². The molecule has 0 bridgehead atoms. The molecule has 3 heteroatoms. The number of anilines is 2. The maximum Gasteiger partial charge on any atom is 0.159 e. The highest BCUT2D eigenvalue weighted by atomic mass is 35.5. The molecule has 2 aromatic rings. The summed E-state index contributed by atoms with van der Waals surface area (Å²) in [5, 5.41) is 0.635. The molecule has 3 rings (SSSR count). The molecule has 0 unspecified atom stereocenters. The van der Waals surface area contributed by atoms with Crippen LogP contribution in [0.1, 0.15) is 34.8 Å². The van der Waals surface area contributed by atoms with Crippen molar-refractivity contribution in [3.63, 3.8) is 0 Å². The Labute approximate surface area is 130 Å². The molecule has 0 aliphatic carbocycles. The van der Waals surface area contributed by atoms with Crippen molar-refractivity contribution in [2.45, 2.75) is 26.7 Å². The number of ketones is 1. The van der Waals surface area contributed by atoms with E-state index < -0.39 is 0 Å².